The average Bonchev–Trinajstić information content (AvgIpc) is 3.33. The zero-order valence-corrected chi connectivity index (χ0v) is 17.9. The first-order chi connectivity index (χ1) is 13.3. The van der Waals surface area contributed by atoms with Gasteiger partial charge in [0.2, 0.25) is 0 Å². The average molecular weight is 392 g/mol. The maximum atomic E-state index is 4.62. The van der Waals surface area contributed by atoms with Gasteiger partial charge in [0.15, 0.2) is 5.16 Å². The Kier molecular flexibility index (Phi) is 7.12. The monoisotopic (exact) mass is 391 g/mol. The van der Waals surface area contributed by atoms with Gasteiger partial charge in [-0.3, -0.25) is 0 Å². The van der Waals surface area contributed by atoms with E-state index in [0.29, 0.717) is 5.92 Å². The Bertz CT molecular complexity index is 577. The van der Waals surface area contributed by atoms with Gasteiger partial charge in [-0.05, 0) is 64.1 Å². The zero-order valence-electron chi connectivity index (χ0n) is 17.1. The fourth-order valence-electron chi connectivity index (χ4n) is 5.25. The maximum Gasteiger partial charge on any atom is 0.191 e. The van der Waals surface area contributed by atoms with Crippen molar-refractivity contribution in [2.45, 2.75) is 68.9 Å². The van der Waals surface area contributed by atoms with Crippen LogP contribution in [0.4, 0.5) is 0 Å². The summed E-state index contributed by atoms with van der Waals surface area (Å²) < 4.78 is 2.28. The molecule has 0 amide bonds. The lowest BCUT2D eigenvalue weighted by atomic mass is 9.88. The molecule has 0 aromatic carbocycles. The normalized spacial score (nSPS) is 26.0. The molecule has 1 aromatic rings. The highest BCUT2D eigenvalue weighted by Gasteiger charge is 2.27. The lowest BCUT2D eigenvalue weighted by Gasteiger charge is -2.35. The largest absolute Gasteiger partial charge is 0.309 e. The molecule has 0 spiro atoms. The standard InChI is InChI=1S/C21H37N5S/c1-24-20(22-23-21(24)27-15-14-25-11-5-6-12-25)19-10-7-13-26(17-19)16-18-8-3-2-4-9-18/h18-19H,2-17H2,1H3. The second kappa shape index (κ2) is 9.75. The van der Waals surface area contributed by atoms with Crippen LogP contribution in [0.5, 0.6) is 0 Å². The quantitative estimate of drug-likeness (QED) is 0.662. The molecule has 1 saturated carbocycles. The summed E-state index contributed by atoms with van der Waals surface area (Å²) in [6, 6.07) is 0. The minimum Gasteiger partial charge on any atom is -0.309 e. The molecular weight excluding hydrogens is 354 g/mol. The van der Waals surface area contributed by atoms with Crippen LogP contribution < -0.4 is 0 Å². The third-order valence-electron chi connectivity index (χ3n) is 6.82. The summed E-state index contributed by atoms with van der Waals surface area (Å²) in [5.74, 6) is 3.85. The number of nitrogens with zero attached hydrogens (tertiary/aromatic N) is 5. The Labute approximate surface area is 169 Å². The van der Waals surface area contributed by atoms with Crippen molar-refractivity contribution >= 4 is 11.8 Å². The molecule has 0 bridgehead atoms. The predicted octanol–water partition coefficient (Wildman–Crippen LogP) is 3.76. The SMILES string of the molecule is Cn1c(SCCN2CCCC2)nnc1C1CCCN(CC2CCCCC2)C1. The minimum absolute atomic E-state index is 0.563. The molecule has 6 heteroatoms. The fourth-order valence-corrected chi connectivity index (χ4v) is 6.16. The summed E-state index contributed by atoms with van der Waals surface area (Å²) in [6.07, 6.45) is 12.6. The van der Waals surface area contributed by atoms with Crippen LogP contribution in [0.25, 0.3) is 0 Å². The molecule has 4 rings (SSSR count). The molecular formula is C21H37N5S. The van der Waals surface area contributed by atoms with E-state index in [1.807, 2.05) is 11.8 Å². The first kappa shape index (κ1) is 19.7. The van der Waals surface area contributed by atoms with Gasteiger partial charge in [-0.1, -0.05) is 31.0 Å². The van der Waals surface area contributed by atoms with Crippen LogP contribution in [-0.2, 0) is 7.05 Å². The van der Waals surface area contributed by atoms with Crippen LogP contribution in [0, 0.1) is 5.92 Å². The summed E-state index contributed by atoms with van der Waals surface area (Å²) in [7, 11) is 2.17. The molecule has 27 heavy (non-hydrogen) atoms. The lowest BCUT2D eigenvalue weighted by molar-refractivity contribution is 0.157. The summed E-state index contributed by atoms with van der Waals surface area (Å²) in [4.78, 5) is 5.30. The van der Waals surface area contributed by atoms with Crippen LogP contribution in [0.2, 0.25) is 0 Å². The summed E-state index contributed by atoms with van der Waals surface area (Å²) in [6.45, 7) is 7.52. The topological polar surface area (TPSA) is 37.2 Å². The number of piperidine rings is 1. The van der Waals surface area contributed by atoms with E-state index in [0.717, 1.165) is 16.8 Å². The van der Waals surface area contributed by atoms with Crippen molar-refractivity contribution < 1.29 is 0 Å². The van der Waals surface area contributed by atoms with Crippen molar-refractivity contribution in [2.24, 2.45) is 13.0 Å². The van der Waals surface area contributed by atoms with E-state index in [4.69, 9.17) is 0 Å². The van der Waals surface area contributed by atoms with E-state index in [1.165, 1.54) is 103 Å². The Balaban J connectivity index is 1.28. The van der Waals surface area contributed by atoms with Gasteiger partial charge in [-0.25, -0.2) is 0 Å². The molecule has 1 unspecified atom stereocenters. The number of hydrogen-bond acceptors (Lipinski definition) is 5. The highest BCUT2D eigenvalue weighted by molar-refractivity contribution is 7.99. The van der Waals surface area contributed by atoms with E-state index in [9.17, 15) is 0 Å². The molecule has 1 atom stereocenters. The van der Waals surface area contributed by atoms with Crippen LogP contribution in [0.3, 0.4) is 0 Å². The predicted molar refractivity (Wildman–Crippen MR) is 112 cm³/mol. The van der Waals surface area contributed by atoms with Gasteiger partial charge < -0.3 is 14.4 Å². The van der Waals surface area contributed by atoms with Crippen molar-refractivity contribution in [3.8, 4) is 0 Å². The Morgan fingerprint density at radius 1 is 0.889 bits per heavy atom. The van der Waals surface area contributed by atoms with E-state index >= 15 is 0 Å². The number of likely N-dealkylation sites (tertiary alicyclic amines) is 2. The third kappa shape index (κ3) is 5.27. The van der Waals surface area contributed by atoms with Gasteiger partial charge in [0, 0.05) is 38.4 Å². The maximum absolute atomic E-state index is 4.62. The second-order valence-electron chi connectivity index (χ2n) is 8.90. The number of aromatic nitrogens is 3. The Morgan fingerprint density at radius 3 is 2.48 bits per heavy atom. The van der Waals surface area contributed by atoms with Gasteiger partial charge in [0.05, 0.1) is 0 Å². The molecule has 3 aliphatic rings. The fraction of sp³-hybridized carbons (Fsp3) is 0.905. The Hall–Kier alpha value is -0.590. The molecule has 1 aliphatic carbocycles. The minimum atomic E-state index is 0.563. The van der Waals surface area contributed by atoms with Crippen LogP contribution in [0.15, 0.2) is 5.16 Å². The molecule has 5 nitrogen and oxygen atoms in total. The first-order valence-corrected chi connectivity index (χ1v) is 12.2. The molecule has 2 saturated heterocycles. The number of rotatable bonds is 7. The highest BCUT2D eigenvalue weighted by Crippen LogP contribution is 2.30. The zero-order chi connectivity index (χ0) is 18.5. The second-order valence-corrected chi connectivity index (χ2v) is 9.96. The van der Waals surface area contributed by atoms with Crippen molar-refractivity contribution in [1.82, 2.24) is 24.6 Å². The summed E-state index contributed by atoms with van der Waals surface area (Å²) >= 11 is 1.88. The van der Waals surface area contributed by atoms with Gasteiger partial charge in [-0.15, -0.1) is 10.2 Å². The first-order valence-electron chi connectivity index (χ1n) is 11.3. The van der Waals surface area contributed by atoms with Crippen LogP contribution >= 0.6 is 11.8 Å². The van der Waals surface area contributed by atoms with Crippen molar-refractivity contribution in [3.05, 3.63) is 5.82 Å². The molecule has 0 radical (unpaired) electrons. The van der Waals surface area contributed by atoms with E-state index in [-0.39, 0.29) is 0 Å². The number of hydrogen-bond donors (Lipinski definition) is 0. The van der Waals surface area contributed by atoms with Gasteiger partial charge >= 0.3 is 0 Å². The molecule has 152 valence electrons. The van der Waals surface area contributed by atoms with Crippen molar-refractivity contribution in [3.63, 3.8) is 0 Å². The molecule has 1 aromatic heterocycles. The third-order valence-corrected chi connectivity index (χ3v) is 7.82. The molecule has 2 aliphatic heterocycles. The van der Waals surface area contributed by atoms with Crippen LogP contribution in [0.1, 0.15) is 69.5 Å². The van der Waals surface area contributed by atoms with Gasteiger partial charge in [0.25, 0.3) is 0 Å². The highest BCUT2D eigenvalue weighted by atomic mass is 32.2. The number of thioether (sulfide) groups is 1. The Morgan fingerprint density at radius 2 is 1.67 bits per heavy atom. The molecule has 3 heterocycles. The molecule has 0 N–H and O–H groups in total. The van der Waals surface area contributed by atoms with Gasteiger partial charge in [-0.2, -0.15) is 0 Å². The lowest BCUT2D eigenvalue weighted by Crippen LogP contribution is -2.38. The smallest absolute Gasteiger partial charge is 0.191 e. The van der Waals surface area contributed by atoms with Crippen molar-refractivity contribution in [2.75, 3.05) is 45.0 Å². The van der Waals surface area contributed by atoms with Crippen molar-refractivity contribution in [1.29, 1.82) is 0 Å². The van der Waals surface area contributed by atoms with E-state index in [1.54, 1.807) is 0 Å². The van der Waals surface area contributed by atoms with E-state index < -0.39 is 0 Å². The van der Waals surface area contributed by atoms with Crippen LogP contribution in [-0.4, -0.2) is 69.6 Å². The molecule has 3 fully saturated rings. The van der Waals surface area contributed by atoms with E-state index in [2.05, 4.69) is 31.6 Å². The summed E-state index contributed by atoms with van der Waals surface area (Å²) in [5.41, 5.74) is 0. The summed E-state index contributed by atoms with van der Waals surface area (Å²) in [5, 5.41) is 10.3. The van der Waals surface area contributed by atoms with Gasteiger partial charge in [0.1, 0.15) is 5.82 Å².